The molecule has 3 rings (SSSR count). The number of rotatable bonds is 4. The lowest BCUT2D eigenvalue weighted by molar-refractivity contribution is -0.181. The topological polar surface area (TPSA) is 80.5 Å². The number of anilines is 2. The molecule has 1 saturated heterocycles. The summed E-state index contributed by atoms with van der Waals surface area (Å²) < 4.78 is 0.977. The van der Waals surface area contributed by atoms with Crippen molar-refractivity contribution in [1.29, 1.82) is 0 Å². The maximum absolute atomic E-state index is 11.9. The summed E-state index contributed by atoms with van der Waals surface area (Å²) in [6.07, 6.45) is 2.62. The number of hydrogen-bond acceptors (Lipinski definition) is 6. The summed E-state index contributed by atoms with van der Waals surface area (Å²) in [5.41, 5.74) is 7.29. The lowest BCUT2D eigenvalue weighted by Crippen LogP contribution is -2.32. The van der Waals surface area contributed by atoms with Crippen molar-refractivity contribution in [2.45, 2.75) is 19.3 Å². The highest BCUT2D eigenvalue weighted by Crippen LogP contribution is 2.27. The number of carbonyl (C=O) groups is 1. The van der Waals surface area contributed by atoms with Gasteiger partial charge < -0.3 is 11.1 Å². The number of benzene rings is 1. The molecule has 1 aromatic heterocycles. The van der Waals surface area contributed by atoms with Gasteiger partial charge in [0.2, 0.25) is 5.91 Å². The zero-order valence-electron chi connectivity index (χ0n) is 11.7. The van der Waals surface area contributed by atoms with Crippen LogP contribution in [0, 0.1) is 0 Å². The van der Waals surface area contributed by atoms with Crippen LogP contribution in [-0.4, -0.2) is 35.7 Å². The van der Waals surface area contributed by atoms with Crippen molar-refractivity contribution >= 4 is 38.3 Å². The van der Waals surface area contributed by atoms with Gasteiger partial charge in [-0.25, -0.2) is 4.98 Å². The first kappa shape index (κ1) is 14.2. The molecule has 2 aromatic rings. The van der Waals surface area contributed by atoms with E-state index in [1.165, 1.54) is 11.3 Å². The van der Waals surface area contributed by atoms with E-state index >= 15 is 0 Å². The zero-order chi connectivity index (χ0) is 14.7. The van der Waals surface area contributed by atoms with Crippen molar-refractivity contribution in [2.24, 2.45) is 0 Å². The van der Waals surface area contributed by atoms with E-state index in [-0.39, 0.29) is 5.91 Å². The highest BCUT2D eigenvalue weighted by Gasteiger charge is 2.13. The molecule has 0 saturated carbocycles. The van der Waals surface area contributed by atoms with Crippen LogP contribution >= 0.6 is 11.3 Å². The summed E-state index contributed by atoms with van der Waals surface area (Å²) >= 11 is 1.43. The van der Waals surface area contributed by atoms with E-state index in [2.05, 4.69) is 10.3 Å². The average molecular weight is 306 g/mol. The smallest absolute Gasteiger partial charge is 0.227 e. The molecular formula is C14H18N4O2S. The molecule has 0 radical (unpaired) electrons. The van der Waals surface area contributed by atoms with Crippen molar-refractivity contribution in [3.63, 3.8) is 0 Å². The molecule has 0 aliphatic carbocycles. The predicted molar refractivity (Wildman–Crippen MR) is 84.0 cm³/mol. The maximum atomic E-state index is 11.9. The minimum atomic E-state index is -0.0452. The molecule has 3 N–H and O–H groups in total. The van der Waals surface area contributed by atoms with Crippen LogP contribution < -0.4 is 11.1 Å². The molecule has 0 unspecified atom stereocenters. The first-order valence-corrected chi connectivity index (χ1v) is 7.86. The van der Waals surface area contributed by atoms with Crippen LogP contribution in [-0.2, 0) is 9.63 Å². The highest BCUT2D eigenvalue weighted by molar-refractivity contribution is 7.22. The summed E-state index contributed by atoms with van der Waals surface area (Å²) in [7, 11) is 0. The first-order chi connectivity index (χ1) is 10.2. The summed E-state index contributed by atoms with van der Waals surface area (Å²) in [5, 5.41) is 5.31. The monoisotopic (exact) mass is 306 g/mol. The Morgan fingerprint density at radius 3 is 3.19 bits per heavy atom. The van der Waals surface area contributed by atoms with Crippen LogP contribution in [0.2, 0.25) is 0 Å². The zero-order valence-corrected chi connectivity index (χ0v) is 12.5. The van der Waals surface area contributed by atoms with E-state index in [4.69, 9.17) is 10.6 Å². The Labute approximate surface area is 126 Å². The molecule has 0 spiro atoms. The van der Waals surface area contributed by atoms with Crippen LogP contribution in [0.3, 0.4) is 0 Å². The Morgan fingerprint density at radius 1 is 1.48 bits per heavy atom. The second kappa shape index (κ2) is 6.38. The first-order valence-electron chi connectivity index (χ1n) is 7.04. The fourth-order valence-corrected chi connectivity index (χ4v) is 3.16. The SMILES string of the molecule is Nc1ccc2nc(NC(=O)CCN3CCCCO3)sc2c1. The van der Waals surface area contributed by atoms with E-state index in [0.717, 1.165) is 36.2 Å². The summed E-state index contributed by atoms with van der Waals surface area (Å²) in [6.45, 7) is 2.26. The highest BCUT2D eigenvalue weighted by atomic mass is 32.1. The van der Waals surface area contributed by atoms with Gasteiger partial charge in [0.05, 0.1) is 16.8 Å². The minimum Gasteiger partial charge on any atom is -0.399 e. The van der Waals surface area contributed by atoms with E-state index in [9.17, 15) is 4.79 Å². The number of fused-ring (bicyclic) bond motifs is 1. The third-order valence-electron chi connectivity index (χ3n) is 3.32. The molecule has 1 aromatic carbocycles. The number of hydroxylamine groups is 2. The number of nitrogens with two attached hydrogens (primary N) is 1. The van der Waals surface area contributed by atoms with Crippen LogP contribution in [0.25, 0.3) is 10.2 Å². The van der Waals surface area contributed by atoms with E-state index in [1.54, 1.807) is 6.07 Å². The van der Waals surface area contributed by atoms with E-state index in [0.29, 0.717) is 23.8 Å². The van der Waals surface area contributed by atoms with E-state index < -0.39 is 0 Å². The Hall–Kier alpha value is -1.70. The molecule has 112 valence electrons. The van der Waals surface area contributed by atoms with Gasteiger partial charge in [0.1, 0.15) is 0 Å². The number of nitrogens with one attached hydrogen (secondary N) is 1. The molecule has 1 aliphatic rings. The van der Waals surface area contributed by atoms with Gasteiger partial charge in [0.15, 0.2) is 5.13 Å². The molecule has 0 atom stereocenters. The number of nitrogen functional groups attached to an aromatic ring is 1. The fourth-order valence-electron chi connectivity index (χ4n) is 2.23. The predicted octanol–water partition coefficient (Wildman–Crippen LogP) is 2.23. The minimum absolute atomic E-state index is 0.0452. The Balaban J connectivity index is 1.55. The van der Waals surface area contributed by atoms with Crippen LogP contribution in [0.1, 0.15) is 19.3 Å². The second-order valence-corrected chi connectivity index (χ2v) is 6.04. The van der Waals surface area contributed by atoms with Gasteiger partial charge in [-0.05, 0) is 31.0 Å². The second-order valence-electron chi connectivity index (χ2n) is 5.01. The van der Waals surface area contributed by atoms with Gasteiger partial charge in [0, 0.05) is 25.2 Å². The quantitative estimate of drug-likeness (QED) is 0.847. The van der Waals surface area contributed by atoms with Crippen molar-refractivity contribution < 1.29 is 9.63 Å². The van der Waals surface area contributed by atoms with Crippen molar-refractivity contribution in [2.75, 3.05) is 30.7 Å². The van der Waals surface area contributed by atoms with Crippen molar-refractivity contribution in [3.05, 3.63) is 18.2 Å². The Morgan fingerprint density at radius 2 is 2.38 bits per heavy atom. The van der Waals surface area contributed by atoms with Crippen LogP contribution in [0.4, 0.5) is 10.8 Å². The normalized spacial score (nSPS) is 16.2. The molecule has 21 heavy (non-hydrogen) atoms. The summed E-state index contributed by atoms with van der Waals surface area (Å²) in [5.74, 6) is -0.0452. The summed E-state index contributed by atoms with van der Waals surface area (Å²) in [6, 6.07) is 5.53. The lowest BCUT2D eigenvalue weighted by Gasteiger charge is -2.25. The molecule has 1 aliphatic heterocycles. The molecule has 0 bridgehead atoms. The standard InChI is InChI=1S/C14H18N4O2S/c15-10-3-4-11-12(9-10)21-14(16-11)17-13(19)5-7-18-6-1-2-8-20-18/h3-4,9H,1-2,5-8,15H2,(H,16,17,19). The number of amides is 1. The third kappa shape index (κ3) is 3.69. The number of carbonyl (C=O) groups excluding carboxylic acids is 1. The molecular weight excluding hydrogens is 288 g/mol. The molecule has 6 nitrogen and oxygen atoms in total. The summed E-state index contributed by atoms with van der Waals surface area (Å²) in [4.78, 5) is 21.8. The molecule has 7 heteroatoms. The average Bonchev–Trinajstić information content (AvgIpc) is 2.87. The van der Waals surface area contributed by atoms with Crippen LogP contribution in [0.5, 0.6) is 0 Å². The van der Waals surface area contributed by atoms with Gasteiger partial charge in [-0.2, -0.15) is 5.06 Å². The van der Waals surface area contributed by atoms with E-state index in [1.807, 2.05) is 17.2 Å². The van der Waals surface area contributed by atoms with Gasteiger partial charge >= 0.3 is 0 Å². The number of hydrogen-bond donors (Lipinski definition) is 2. The lowest BCUT2D eigenvalue weighted by atomic mass is 10.3. The molecule has 1 amide bonds. The van der Waals surface area contributed by atoms with Crippen molar-refractivity contribution in [3.8, 4) is 0 Å². The van der Waals surface area contributed by atoms with Crippen LogP contribution in [0.15, 0.2) is 18.2 Å². The third-order valence-corrected chi connectivity index (χ3v) is 4.26. The largest absolute Gasteiger partial charge is 0.399 e. The number of aromatic nitrogens is 1. The van der Waals surface area contributed by atoms with Gasteiger partial charge in [0.25, 0.3) is 0 Å². The van der Waals surface area contributed by atoms with Gasteiger partial charge in [-0.1, -0.05) is 11.3 Å². The molecule has 2 heterocycles. The van der Waals surface area contributed by atoms with Gasteiger partial charge in [-0.3, -0.25) is 9.63 Å². The van der Waals surface area contributed by atoms with Gasteiger partial charge in [-0.15, -0.1) is 0 Å². The Kier molecular flexibility index (Phi) is 4.33. The number of nitrogens with zero attached hydrogens (tertiary/aromatic N) is 2. The maximum Gasteiger partial charge on any atom is 0.227 e. The fraction of sp³-hybridized carbons (Fsp3) is 0.429. The molecule has 1 fully saturated rings. The Bertz CT molecular complexity index is 637. The number of thiazole rings is 1. The van der Waals surface area contributed by atoms with Crippen molar-refractivity contribution in [1.82, 2.24) is 10.0 Å².